The third-order valence-electron chi connectivity index (χ3n) is 3.69. The number of aryl methyl sites for hydroxylation is 1. The fraction of sp³-hybridized carbons (Fsp3) is 0.692. The Kier molecular flexibility index (Phi) is 4.43. The first-order valence-corrected chi connectivity index (χ1v) is 6.92. The van der Waals surface area contributed by atoms with E-state index >= 15 is 0 Å². The van der Waals surface area contributed by atoms with Crippen molar-refractivity contribution in [2.45, 2.75) is 32.5 Å². The van der Waals surface area contributed by atoms with Crippen molar-refractivity contribution in [3.63, 3.8) is 0 Å². The van der Waals surface area contributed by atoms with Crippen molar-refractivity contribution in [2.75, 3.05) is 13.1 Å². The number of alkyl halides is 3. The van der Waals surface area contributed by atoms with Crippen molar-refractivity contribution >= 4 is 5.96 Å². The van der Waals surface area contributed by atoms with Crippen LogP contribution in [0.15, 0.2) is 11.2 Å². The molecule has 1 aliphatic heterocycles. The molecule has 118 valence electrons. The fourth-order valence-corrected chi connectivity index (χ4v) is 2.40. The van der Waals surface area contributed by atoms with Crippen molar-refractivity contribution in [3.8, 4) is 0 Å². The highest BCUT2D eigenvalue weighted by Gasteiger charge is 2.36. The van der Waals surface area contributed by atoms with Gasteiger partial charge in [-0.2, -0.15) is 18.3 Å². The average Bonchev–Trinajstić information content (AvgIpc) is 2.78. The standard InChI is InChI=1S/C13H20F3N5/c1-9-3-5-21(6-4-9)12(17)18-7-10-8-20(2)19-11(10)13(14,15)16/h8-9H,3-7H2,1-2H3,(H2,17,18). The Morgan fingerprint density at radius 1 is 1.43 bits per heavy atom. The monoisotopic (exact) mass is 303 g/mol. The summed E-state index contributed by atoms with van der Waals surface area (Å²) in [5.41, 5.74) is 5.02. The fourth-order valence-electron chi connectivity index (χ4n) is 2.40. The molecule has 0 bridgehead atoms. The van der Waals surface area contributed by atoms with Crippen LogP contribution in [-0.4, -0.2) is 33.7 Å². The lowest BCUT2D eigenvalue weighted by molar-refractivity contribution is -0.142. The van der Waals surface area contributed by atoms with Gasteiger partial charge in [0.2, 0.25) is 0 Å². The molecule has 1 saturated heterocycles. The summed E-state index contributed by atoms with van der Waals surface area (Å²) in [6.07, 6.45) is -1.09. The highest BCUT2D eigenvalue weighted by Crippen LogP contribution is 2.30. The third-order valence-corrected chi connectivity index (χ3v) is 3.69. The molecule has 2 heterocycles. The molecule has 21 heavy (non-hydrogen) atoms. The Morgan fingerprint density at radius 3 is 2.62 bits per heavy atom. The van der Waals surface area contributed by atoms with Crippen molar-refractivity contribution in [1.29, 1.82) is 0 Å². The van der Waals surface area contributed by atoms with Crippen LogP contribution in [0.2, 0.25) is 0 Å². The highest BCUT2D eigenvalue weighted by atomic mass is 19.4. The minimum atomic E-state index is -4.47. The zero-order valence-corrected chi connectivity index (χ0v) is 12.2. The Hall–Kier alpha value is -1.73. The second kappa shape index (κ2) is 5.95. The molecule has 0 saturated carbocycles. The van der Waals surface area contributed by atoms with E-state index in [-0.39, 0.29) is 12.1 Å². The summed E-state index contributed by atoms with van der Waals surface area (Å²) in [5.74, 6) is 0.961. The maximum atomic E-state index is 12.8. The summed E-state index contributed by atoms with van der Waals surface area (Å²) in [7, 11) is 1.46. The first kappa shape index (κ1) is 15.7. The van der Waals surface area contributed by atoms with Crippen molar-refractivity contribution < 1.29 is 13.2 Å². The van der Waals surface area contributed by atoms with Crippen LogP contribution in [0.1, 0.15) is 31.0 Å². The third kappa shape index (κ3) is 3.89. The van der Waals surface area contributed by atoms with Gasteiger partial charge in [-0.05, 0) is 18.8 Å². The van der Waals surface area contributed by atoms with Gasteiger partial charge in [-0.15, -0.1) is 0 Å². The molecule has 8 heteroatoms. The molecular formula is C13H20F3N5. The number of hydrogen-bond donors (Lipinski definition) is 1. The summed E-state index contributed by atoms with van der Waals surface area (Å²) in [6.45, 7) is 3.67. The lowest BCUT2D eigenvalue weighted by Crippen LogP contribution is -2.42. The number of nitrogens with two attached hydrogens (primary N) is 1. The summed E-state index contributed by atoms with van der Waals surface area (Å²) in [5, 5.41) is 3.45. The molecule has 0 radical (unpaired) electrons. The van der Waals surface area contributed by atoms with Gasteiger partial charge in [0.1, 0.15) is 0 Å². The number of aromatic nitrogens is 2. The average molecular weight is 303 g/mol. The number of guanidine groups is 1. The highest BCUT2D eigenvalue weighted by molar-refractivity contribution is 5.78. The van der Waals surface area contributed by atoms with E-state index < -0.39 is 11.9 Å². The number of aliphatic imine (C=N–C) groups is 1. The molecule has 0 spiro atoms. The molecule has 0 aliphatic carbocycles. The van der Waals surface area contributed by atoms with E-state index in [0.717, 1.165) is 30.6 Å². The molecule has 0 atom stereocenters. The predicted molar refractivity (Wildman–Crippen MR) is 73.5 cm³/mol. The first-order valence-electron chi connectivity index (χ1n) is 6.92. The molecule has 1 fully saturated rings. The van der Waals surface area contributed by atoms with Crippen LogP contribution in [0.25, 0.3) is 0 Å². The van der Waals surface area contributed by atoms with Gasteiger partial charge < -0.3 is 10.6 Å². The van der Waals surface area contributed by atoms with E-state index in [1.54, 1.807) is 0 Å². The topological polar surface area (TPSA) is 59.4 Å². The summed E-state index contributed by atoms with van der Waals surface area (Å²) >= 11 is 0. The molecule has 5 nitrogen and oxygen atoms in total. The lowest BCUT2D eigenvalue weighted by atomic mass is 10.00. The van der Waals surface area contributed by atoms with Gasteiger partial charge in [0.25, 0.3) is 0 Å². The number of nitrogens with zero attached hydrogens (tertiary/aromatic N) is 4. The van der Waals surface area contributed by atoms with Gasteiger partial charge >= 0.3 is 6.18 Å². The van der Waals surface area contributed by atoms with Crippen LogP contribution < -0.4 is 5.73 Å². The Balaban J connectivity index is 2.07. The minimum Gasteiger partial charge on any atom is -0.370 e. The predicted octanol–water partition coefficient (Wildman–Crippen LogP) is 1.99. The van der Waals surface area contributed by atoms with E-state index in [1.807, 2.05) is 4.90 Å². The summed E-state index contributed by atoms with van der Waals surface area (Å²) < 4.78 is 39.6. The van der Waals surface area contributed by atoms with E-state index in [9.17, 15) is 13.2 Å². The number of hydrogen-bond acceptors (Lipinski definition) is 2. The van der Waals surface area contributed by atoms with Crippen molar-refractivity contribution in [1.82, 2.24) is 14.7 Å². The van der Waals surface area contributed by atoms with E-state index in [2.05, 4.69) is 17.0 Å². The maximum absolute atomic E-state index is 12.8. The SMILES string of the molecule is CC1CCN(C(N)=NCc2cn(C)nc2C(F)(F)F)CC1. The van der Waals surface area contributed by atoms with Crippen LogP contribution in [-0.2, 0) is 19.8 Å². The zero-order valence-electron chi connectivity index (χ0n) is 12.2. The van der Waals surface area contributed by atoms with Crippen LogP contribution in [0.4, 0.5) is 13.2 Å². The van der Waals surface area contributed by atoms with Gasteiger partial charge in [0.05, 0.1) is 6.54 Å². The molecule has 0 aromatic carbocycles. The van der Waals surface area contributed by atoms with Crippen LogP contribution in [0.5, 0.6) is 0 Å². The van der Waals surface area contributed by atoms with Crippen LogP contribution >= 0.6 is 0 Å². The van der Waals surface area contributed by atoms with Gasteiger partial charge in [-0.3, -0.25) is 4.68 Å². The number of likely N-dealkylation sites (tertiary alicyclic amines) is 1. The van der Waals surface area contributed by atoms with Gasteiger partial charge in [0.15, 0.2) is 11.7 Å². The molecule has 0 amide bonds. The second-order valence-electron chi connectivity index (χ2n) is 5.52. The number of halogens is 3. The Morgan fingerprint density at radius 2 is 2.05 bits per heavy atom. The van der Waals surface area contributed by atoms with Gasteiger partial charge in [-0.25, -0.2) is 4.99 Å². The van der Waals surface area contributed by atoms with Crippen molar-refractivity contribution in [2.24, 2.45) is 23.7 Å². The van der Waals surface area contributed by atoms with E-state index in [0.29, 0.717) is 11.9 Å². The molecule has 2 N–H and O–H groups in total. The first-order chi connectivity index (χ1) is 9.77. The molecule has 1 aromatic heterocycles. The smallest absolute Gasteiger partial charge is 0.370 e. The zero-order chi connectivity index (χ0) is 15.6. The maximum Gasteiger partial charge on any atom is 0.435 e. The Labute approximate surface area is 121 Å². The molecule has 1 aliphatic rings. The quantitative estimate of drug-likeness (QED) is 0.671. The number of rotatable bonds is 2. The van der Waals surface area contributed by atoms with Gasteiger partial charge in [-0.1, -0.05) is 6.92 Å². The molecule has 1 aromatic rings. The molecule has 0 unspecified atom stereocenters. The summed E-state index contributed by atoms with van der Waals surface area (Å²) in [4.78, 5) is 6.02. The molecule has 2 rings (SSSR count). The lowest BCUT2D eigenvalue weighted by Gasteiger charge is -2.31. The normalized spacial score (nSPS) is 18.3. The Bertz CT molecular complexity index is 512. The second-order valence-corrected chi connectivity index (χ2v) is 5.52. The van der Waals surface area contributed by atoms with Gasteiger partial charge in [0, 0.05) is 31.9 Å². The minimum absolute atomic E-state index is 0.0401. The van der Waals surface area contributed by atoms with Crippen molar-refractivity contribution in [3.05, 3.63) is 17.5 Å². The largest absolute Gasteiger partial charge is 0.435 e. The van der Waals surface area contributed by atoms with E-state index in [1.165, 1.54) is 13.2 Å². The van der Waals surface area contributed by atoms with E-state index in [4.69, 9.17) is 5.73 Å². The van der Waals surface area contributed by atoms with Crippen LogP contribution in [0.3, 0.4) is 0 Å². The summed E-state index contributed by atoms with van der Waals surface area (Å²) in [6, 6.07) is 0. The number of piperidine rings is 1. The van der Waals surface area contributed by atoms with Crippen LogP contribution in [0, 0.1) is 5.92 Å². The molecular weight excluding hydrogens is 283 g/mol.